The molecule has 4 aromatic carbocycles. The first-order valence-corrected chi connectivity index (χ1v) is 12.3. The summed E-state index contributed by atoms with van der Waals surface area (Å²) in [5, 5.41) is 0. The highest BCUT2D eigenvalue weighted by molar-refractivity contribution is 5.83. The molecule has 2 nitrogen and oxygen atoms in total. The zero-order valence-electron chi connectivity index (χ0n) is 19.5. The van der Waals surface area contributed by atoms with Crippen LogP contribution in [-0.2, 0) is 27.8 Å². The molecule has 0 spiro atoms. The first-order valence-electron chi connectivity index (χ1n) is 12.3. The van der Waals surface area contributed by atoms with Crippen LogP contribution in [0.5, 0.6) is 0 Å². The number of rotatable bonds is 6. The molecule has 0 fully saturated rings. The molecule has 0 radical (unpaired) electrons. The monoisotopic (exact) mass is 444 g/mol. The van der Waals surface area contributed by atoms with Crippen LogP contribution in [0.2, 0.25) is 0 Å². The van der Waals surface area contributed by atoms with E-state index in [0.29, 0.717) is 13.0 Å². The van der Waals surface area contributed by atoms with Gasteiger partial charge in [0.1, 0.15) is 0 Å². The van der Waals surface area contributed by atoms with Gasteiger partial charge in [-0.1, -0.05) is 91.0 Å². The van der Waals surface area contributed by atoms with Crippen LogP contribution < -0.4 is 0 Å². The van der Waals surface area contributed by atoms with Gasteiger partial charge in [-0.05, 0) is 76.3 Å². The number of hydrogen-bond acceptors (Lipinski definition) is 2. The Morgan fingerprint density at radius 1 is 0.765 bits per heavy atom. The minimum Gasteiger partial charge on any atom is -0.466 e. The van der Waals surface area contributed by atoms with Crippen molar-refractivity contribution in [1.82, 2.24) is 0 Å². The quantitative estimate of drug-likeness (QED) is 0.261. The second kappa shape index (κ2) is 8.29. The molecule has 2 aliphatic carbocycles. The van der Waals surface area contributed by atoms with Crippen molar-refractivity contribution >= 4 is 5.97 Å². The summed E-state index contributed by atoms with van der Waals surface area (Å²) in [4.78, 5) is 12.5. The van der Waals surface area contributed by atoms with E-state index >= 15 is 0 Å². The lowest BCUT2D eigenvalue weighted by molar-refractivity contribution is -0.143. The van der Waals surface area contributed by atoms with Crippen LogP contribution in [0.15, 0.2) is 91.0 Å². The van der Waals surface area contributed by atoms with Crippen molar-refractivity contribution in [2.24, 2.45) is 0 Å². The molecule has 2 aliphatic rings. The molecule has 0 bridgehead atoms. The van der Waals surface area contributed by atoms with Gasteiger partial charge in [-0.3, -0.25) is 4.79 Å². The summed E-state index contributed by atoms with van der Waals surface area (Å²) in [6, 6.07) is 33.0. The average Bonchev–Trinajstić information content (AvgIpc) is 3.39. The Bertz CT molecular complexity index is 1350. The lowest BCUT2D eigenvalue weighted by Gasteiger charge is -2.33. The highest BCUT2D eigenvalue weighted by atomic mass is 16.5. The van der Waals surface area contributed by atoms with E-state index in [-0.39, 0.29) is 11.4 Å². The third-order valence-electron chi connectivity index (χ3n) is 7.68. The fourth-order valence-electron chi connectivity index (χ4n) is 6.23. The molecule has 34 heavy (non-hydrogen) atoms. The average molecular weight is 445 g/mol. The second-order valence-corrected chi connectivity index (χ2v) is 9.43. The molecule has 168 valence electrons. The molecule has 0 saturated carbocycles. The van der Waals surface area contributed by atoms with Gasteiger partial charge in [-0.25, -0.2) is 0 Å². The molecule has 0 unspecified atom stereocenters. The molecular weight excluding hydrogens is 416 g/mol. The molecule has 0 atom stereocenters. The molecule has 0 aliphatic heterocycles. The fourth-order valence-corrected chi connectivity index (χ4v) is 6.23. The van der Waals surface area contributed by atoms with E-state index in [1.54, 1.807) is 0 Å². The van der Waals surface area contributed by atoms with Gasteiger partial charge in [0.15, 0.2) is 0 Å². The van der Waals surface area contributed by atoms with E-state index in [9.17, 15) is 4.79 Å². The van der Waals surface area contributed by atoms with E-state index < -0.39 is 0 Å². The van der Waals surface area contributed by atoms with Crippen LogP contribution >= 0.6 is 0 Å². The van der Waals surface area contributed by atoms with Crippen LogP contribution in [0.3, 0.4) is 0 Å². The van der Waals surface area contributed by atoms with Gasteiger partial charge < -0.3 is 4.74 Å². The molecule has 0 heterocycles. The van der Waals surface area contributed by atoms with Crippen LogP contribution in [0.25, 0.3) is 22.3 Å². The van der Waals surface area contributed by atoms with Crippen molar-refractivity contribution in [3.8, 4) is 22.3 Å². The van der Waals surface area contributed by atoms with Gasteiger partial charge in [0.2, 0.25) is 0 Å². The lowest BCUT2D eigenvalue weighted by Crippen LogP contribution is -2.30. The Balaban J connectivity index is 1.50. The van der Waals surface area contributed by atoms with Crippen LogP contribution in [0.1, 0.15) is 47.6 Å². The molecule has 2 heteroatoms. The first kappa shape index (κ1) is 20.9. The topological polar surface area (TPSA) is 26.3 Å². The van der Waals surface area contributed by atoms with E-state index in [1.165, 1.54) is 50.1 Å². The molecule has 6 rings (SSSR count). The summed E-state index contributed by atoms with van der Waals surface area (Å²) < 4.78 is 5.35. The lowest BCUT2D eigenvalue weighted by atomic mass is 9.69. The largest absolute Gasteiger partial charge is 0.466 e. The Labute approximate surface area is 201 Å². The van der Waals surface area contributed by atoms with Gasteiger partial charge in [0.05, 0.1) is 6.61 Å². The summed E-state index contributed by atoms with van der Waals surface area (Å²) in [5.74, 6) is -0.116. The maximum absolute atomic E-state index is 12.5. The molecule has 0 N–H and O–H groups in total. The predicted molar refractivity (Wildman–Crippen MR) is 137 cm³/mol. The van der Waals surface area contributed by atoms with Crippen molar-refractivity contribution in [2.45, 2.75) is 38.0 Å². The number of carbonyl (C=O) groups is 1. The number of benzene rings is 4. The maximum atomic E-state index is 12.5. The molecule has 0 aromatic heterocycles. The number of carbonyl (C=O) groups excluding carboxylic acids is 1. The zero-order chi connectivity index (χ0) is 23.1. The highest BCUT2D eigenvalue weighted by Crippen LogP contribution is 2.53. The Kier molecular flexibility index (Phi) is 5.10. The fraction of sp³-hybridized carbons (Fsp3) is 0.219. The summed E-state index contributed by atoms with van der Waals surface area (Å²) in [6.07, 6.45) is 2.98. The van der Waals surface area contributed by atoms with Crippen LogP contribution in [0, 0.1) is 0 Å². The number of fused-ring (bicyclic) bond motifs is 6. The van der Waals surface area contributed by atoms with Gasteiger partial charge in [-0.2, -0.15) is 0 Å². The smallest absolute Gasteiger partial charge is 0.305 e. The molecule has 0 amide bonds. The third kappa shape index (κ3) is 3.20. The standard InChI is InChI=1S/C32H28O2/c1-2-34-31(33)18-19-32(29-16-7-5-13-26(29)27-14-6-8-17-30(27)32)21-23-11-9-15-25-24-12-4-3-10-22(24)20-28(23)25/h3-17H,2,18-21H2,1H3. The Morgan fingerprint density at radius 3 is 2.09 bits per heavy atom. The molecule has 4 aromatic rings. The molecule has 0 saturated heterocycles. The van der Waals surface area contributed by atoms with Crippen LogP contribution in [0.4, 0.5) is 0 Å². The first-order chi connectivity index (χ1) is 16.7. The van der Waals surface area contributed by atoms with Crippen molar-refractivity contribution in [3.05, 3.63) is 119 Å². The van der Waals surface area contributed by atoms with Gasteiger partial charge in [0, 0.05) is 11.8 Å². The third-order valence-corrected chi connectivity index (χ3v) is 7.68. The predicted octanol–water partition coefficient (Wildman–Crippen LogP) is 7.11. The van der Waals surface area contributed by atoms with E-state index in [4.69, 9.17) is 4.74 Å². The van der Waals surface area contributed by atoms with Crippen molar-refractivity contribution in [2.75, 3.05) is 6.61 Å². The molecular formula is C32H28O2. The van der Waals surface area contributed by atoms with Gasteiger partial charge >= 0.3 is 5.97 Å². The maximum Gasteiger partial charge on any atom is 0.305 e. The highest BCUT2D eigenvalue weighted by Gasteiger charge is 2.43. The summed E-state index contributed by atoms with van der Waals surface area (Å²) >= 11 is 0. The van der Waals surface area contributed by atoms with Gasteiger partial charge in [-0.15, -0.1) is 0 Å². The van der Waals surface area contributed by atoms with Crippen LogP contribution in [-0.4, -0.2) is 12.6 Å². The summed E-state index contributed by atoms with van der Waals surface area (Å²) in [7, 11) is 0. The number of esters is 1. The van der Waals surface area contributed by atoms with E-state index in [1.807, 2.05) is 6.92 Å². The minimum absolute atomic E-state index is 0.116. The number of hydrogen-bond donors (Lipinski definition) is 0. The Morgan fingerprint density at radius 2 is 1.38 bits per heavy atom. The van der Waals surface area contributed by atoms with Crippen molar-refractivity contribution in [1.29, 1.82) is 0 Å². The normalized spacial score (nSPS) is 14.1. The second-order valence-electron chi connectivity index (χ2n) is 9.43. The van der Waals surface area contributed by atoms with Crippen molar-refractivity contribution < 1.29 is 9.53 Å². The Hall–Kier alpha value is -3.65. The minimum atomic E-state index is -0.260. The van der Waals surface area contributed by atoms with E-state index in [0.717, 1.165) is 19.3 Å². The van der Waals surface area contributed by atoms with Gasteiger partial charge in [0.25, 0.3) is 0 Å². The summed E-state index contributed by atoms with van der Waals surface area (Å²) in [5.41, 5.74) is 11.9. The van der Waals surface area contributed by atoms with Crippen molar-refractivity contribution in [3.63, 3.8) is 0 Å². The summed E-state index contributed by atoms with van der Waals surface area (Å²) in [6.45, 7) is 2.29. The van der Waals surface area contributed by atoms with E-state index in [2.05, 4.69) is 91.0 Å². The SMILES string of the molecule is CCOC(=O)CCC1(Cc2cccc3c2Cc2ccccc2-3)c2ccccc2-c2ccccc21. The zero-order valence-corrected chi connectivity index (χ0v) is 19.5. The number of ether oxygens (including phenoxy) is 1.